The molecule has 2 atom stereocenters. The van der Waals surface area contributed by atoms with Gasteiger partial charge in [-0.1, -0.05) is 12.1 Å². The van der Waals surface area contributed by atoms with Crippen molar-refractivity contribution in [1.29, 1.82) is 0 Å². The van der Waals surface area contributed by atoms with E-state index in [1.54, 1.807) is 12.1 Å². The molecule has 1 aromatic carbocycles. The van der Waals surface area contributed by atoms with E-state index in [4.69, 9.17) is 14.4 Å². The Kier molecular flexibility index (Phi) is 3.38. The highest BCUT2D eigenvalue weighted by Gasteiger charge is 2.52. The van der Waals surface area contributed by atoms with Crippen LogP contribution in [-0.4, -0.2) is 29.4 Å². The van der Waals surface area contributed by atoms with E-state index in [0.29, 0.717) is 11.9 Å². The summed E-state index contributed by atoms with van der Waals surface area (Å²) in [5, 5.41) is 8.96. The molecule has 0 radical (unpaired) electrons. The van der Waals surface area contributed by atoms with E-state index in [9.17, 15) is 9.18 Å². The molecule has 2 unspecified atom stereocenters. The number of hydrogen-bond acceptors (Lipinski definition) is 3. The van der Waals surface area contributed by atoms with Gasteiger partial charge in [-0.3, -0.25) is 4.79 Å². The Morgan fingerprint density at radius 2 is 1.86 bits per heavy atom. The van der Waals surface area contributed by atoms with Gasteiger partial charge >= 0.3 is 13.1 Å². The number of halogens is 1. The van der Waals surface area contributed by atoms with Crippen LogP contribution in [0, 0.1) is 11.7 Å². The Hall–Kier alpha value is -1.40. The molecule has 1 N–H and O–H groups in total. The van der Waals surface area contributed by atoms with Crippen LogP contribution in [0.3, 0.4) is 0 Å². The summed E-state index contributed by atoms with van der Waals surface area (Å²) in [4.78, 5) is 10.9. The van der Waals surface area contributed by atoms with E-state index in [0.717, 1.165) is 5.56 Å². The molecule has 4 nitrogen and oxygen atoms in total. The van der Waals surface area contributed by atoms with Gasteiger partial charge < -0.3 is 14.4 Å². The van der Waals surface area contributed by atoms with Crippen LogP contribution in [0.1, 0.15) is 45.6 Å². The first-order chi connectivity index (χ1) is 10.1. The molecule has 22 heavy (non-hydrogen) atoms. The molecule has 6 heteroatoms. The molecule has 1 aromatic rings. The zero-order valence-corrected chi connectivity index (χ0v) is 13.2. The highest BCUT2D eigenvalue weighted by atomic mass is 19.1. The lowest BCUT2D eigenvalue weighted by molar-refractivity contribution is -0.138. The maximum atomic E-state index is 14.4. The van der Waals surface area contributed by atoms with Crippen molar-refractivity contribution in [2.75, 3.05) is 0 Å². The fourth-order valence-corrected chi connectivity index (χ4v) is 2.77. The lowest BCUT2D eigenvalue weighted by atomic mass is 9.78. The van der Waals surface area contributed by atoms with Gasteiger partial charge in [0, 0.05) is 5.46 Å². The lowest BCUT2D eigenvalue weighted by Gasteiger charge is -2.32. The van der Waals surface area contributed by atoms with Crippen LogP contribution >= 0.6 is 0 Å². The molecular weight excluding hydrogens is 286 g/mol. The number of aliphatic carboxylic acids is 1. The normalized spacial score (nSPS) is 28.7. The van der Waals surface area contributed by atoms with E-state index in [1.165, 1.54) is 6.07 Å². The summed E-state index contributed by atoms with van der Waals surface area (Å²) in [5.41, 5.74) is 0.0431. The van der Waals surface area contributed by atoms with Crippen molar-refractivity contribution in [3.63, 3.8) is 0 Å². The molecule has 1 saturated carbocycles. The van der Waals surface area contributed by atoms with E-state index in [2.05, 4.69) is 0 Å². The average Bonchev–Trinajstić information content (AvgIpc) is 3.13. The highest BCUT2D eigenvalue weighted by molar-refractivity contribution is 6.62. The van der Waals surface area contributed by atoms with Gasteiger partial charge in [-0.2, -0.15) is 0 Å². The first-order valence-electron chi connectivity index (χ1n) is 7.50. The van der Waals surface area contributed by atoms with Crippen molar-refractivity contribution >= 4 is 18.6 Å². The lowest BCUT2D eigenvalue weighted by Crippen LogP contribution is -2.41. The van der Waals surface area contributed by atoms with Gasteiger partial charge in [-0.05, 0) is 51.7 Å². The van der Waals surface area contributed by atoms with Crippen molar-refractivity contribution in [3.05, 3.63) is 29.6 Å². The van der Waals surface area contributed by atoms with E-state index >= 15 is 0 Å². The molecule has 0 amide bonds. The highest BCUT2D eigenvalue weighted by Crippen LogP contribution is 2.47. The van der Waals surface area contributed by atoms with Gasteiger partial charge in [0.25, 0.3) is 0 Å². The Bertz CT molecular complexity index is 613. The second-order valence-corrected chi connectivity index (χ2v) is 7.16. The summed E-state index contributed by atoms with van der Waals surface area (Å²) in [6.45, 7) is 7.67. The molecule has 118 valence electrons. The van der Waals surface area contributed by atoms with Crippen LogP contribution in [0.5, 0.6) is 0 Å². The van der Waals surface area contributed by atoms with E-state index in [1.807, 2.05) is 27.7 Å². The van der Waals surface area contributed by atoms with Gasteiger partial charge in [-0.25, -0.2) is 4.39 Å². The molecule has 2 fully saturated rings. The molecule has 3 rings (SSSR count). The maximum Gasteiger partial charge on any atom is 0.497 e. The van der Waals surface area contributed by atoms with Gasteiger partial charge in [0.15, 0.2) is 0 Å². The SMILES string of the molecule is CC1(C)OB(c2ccc(C3CC3C(=O)O)cc2F)OC1(C)C. The molecule has 1 aliphatic carbocycles. The molecule has 1 aliphatic heterocycles. The predicted molar refractivity (Wildman–Crippen MR) is 80.6 cm³/mol. The zero-order valence-electron chi connectivity index (χ0n) is 13.2. The largest absolute Gasteiger partial charge is 0.497 e. The summed E-state index contributed by atoms with van der Waals surface area (Å²) in [6, 6.07) is 4.83. The summed E-state index contributed by atoms with van der Waals surface area (Å²) >= 11 is 0. The van der Waals surface area contributed by atoms with Crippen molar-refractivity contribution in [2.24, 2.45) is 5.92 Å². The van der Waals surface area contributed by atoms with Crippen LogP contribution in [0.25, 0.3) is 0 Å². The summed E-state index contributed by atoms with van der Waals surface area (Å²) in [5.74, 6) is -1.70. The van der Waals surface area contributed by atoms with E-state index < -0.39 is 30.1 Å². The van der Waals surface area contributed by atoms with Gasteiger partial charge in [0.05, 0.1) is 17.1 Å². The van der Waals surface area contributed by atoms with Crippen molar-refractivity contribution in [1.82, 2.24) is 0 Å². The first kappa shape index (κ1) is 15.5. The molecule has 1 heterocycles. The topological polar surface area (TPSA) is 55.8 Å². The Morgan fingerprint density at radius 3 is 2.32 bits per heavy atom. The van der Waals surface area contributed by atoms with Crippen LogP contribution in [0.2, 0.25) is 0 Å². The van der Waals surface area contributed by atoms with Gasteiger partial charge in [-0.15, -0.1) is 0 Å². The van der Waals surface area contributed by atoms with E-state index in [-0.39, 0.29) is 11.8 Å². The maximum absolute atomic E-state index is 14.4. The van der Waals surface area contributed by atoms with Crippen molar-refractivity contribution in [2.45, 2.75) is 51.2 Å². The molecule has 0 aromatic heterocycles. The number of rotatable bonds is 3. The minimum atomic E-state index is -0.819. The van der Waals surface area contributed by atoms with Crippen LogP contribution < -0.4 is 5.46 Å². The molecule has 1 saturated heterocycles. The smallest absolute Gasteiger partial charge is 0.481 e. The van der Waals surface area contributed by atoms with Gasteiger partial charge in [0.2, 0.25) is 0 Å². The van der Waals surface area contributed by atoms with Crippen molar-refractivity contribution in [3.8, 4) is 0 Å². The quantitative estimate of drug-likeness (QED) is 0.871. The molecule has 2 aliphatic rings. The van der Waals surface area contributed by atoms with Crippen molar-refractivity contribution < 1.29 is 23.6 Å². The monoisotopic (exact) mass is 306 g/mol. The Labute approximate surface area is 129 Å². The Balaban J connectivity index is 1.81. The number of hydrogen-bond donors (Lipinski definition) is 1. The van der Waals surface area contributed by atoms with Crippen LogP contribution in [-0.2, 0) is 14.1 Å². The fourth-order valence-electron chi connectivity index (χ4n) is 2.77. The minimum Gasteiger partial charge on any atom is -0.481 e. The standard InChI is InChI=1S/C16H20BFO4/c1-15(2)16(3,4)22-17(21-15)12-6-5-9(7-13(12)18)10-8-11(10)14(19)20/h5-7,10-11H,8H2,1-4H3,(H,19,20). The van der Waals surface area contributed by atoms with Gasteiger partial charge in [0.1, 0.15) is 5.82 Å². The average molecular weight is 306 g/mol. The third kappa shape index (κ3) is 2.44. The molecular formula is C16H20BFO4. The molecule has 0 spiro atoms. The number of carboxylic acid groups (broad SMARTS) is 1. The number of carbonyl (C=O) groups is 1. The number of benzene rings is 1. The minimum absolute atomic E-state index is 0.0839. The Morgan fingerprint density at radius 1 is 1.27 bits per heavy atom. The van der Waals surface area contributed by atoms with Crippen LogP contribution in [0.4, 0.5) is 4.39 Å². The predicted octanol–water partition coefficient (Wildman–Crippen LogP) is 2.31. The first-order valence-corrected chi connectivity index (χ1v) is 7.50. The molecule has 0 bridgehead atoms. The summed E-state index contributed by atoms with van der Waals surface area (Å²) in [6.07, 6.45) is 0.574. The zero-order chi connectivity index (χ0) is 16.3. The third-order valence-electron chi connectivity index (χ3n) is 5.07. The number of carboxylic acids is 1. The summed E-state index contributed by atoms with van der Waals surface area (Å²) < 4.78 is 26.1. The fraction of sp³-hybridized carbons (Fsp3) is 0.562. The van der Waals surface area contributed by atoms with Crippen LogP contribution in [0.15, 0.2) is 18.2 Å². The second-order valence-electron chi connectivity index (χ2n) is 7.16. The third-order valence-corrected chi connectivity index (χ3v) is 5.07. The second kappa shape index (κ2) is 4.80. The summed E-state index contributed by atoms with van der Waals surface area (Å²) in [7, 11) is -0.742.